The first-order valence-electron chi connectivity index (χ1n) is 5.95. The Hall–Kier alpha value is -1.85. The Morgan fingerprint density at radius 3 is 2.37 bits per heavy atom. The Bertz CT molecular complexity index is 434. The highest BCUT2D eigenvalue weighted by Gasteiger charge is 2.16. The summed E-state index contributed by atoms with van der Waals surface area (Å²) in [6.07, 6.45) is 0. The lowest BCUT2D eigenvalue weighted by atomic mass is 10.1. The molecule has 1 aromatic rings. The molecule has 0 aromatic heterocycles. The number of ether oxygens (including phenoxy) is 2. The monoisotopic (exact) mass is 273 g/mol. The van der Waals surface area contributed by atoms with Crippen LogP contribution in [0.25, 0.3) is 0 Å². The van der Waals surface area contributed by atoms with Crippen molar-refractivity contribution in [3.63, 3.8) is 0 Å². The molecule has 0 aliphatic heterocycles. The van der Waals surface area contributed by atoms with Crippen molar-refractivity contribution >= 4 is 5.91 Å². The van der Waals surface area contributed by atoms with Crippen LogP contribution in [0.1, 0.15) is 24.2 Å². The number of amides is 1. The Balaban J connectivity index is 3.02. The molecule has 0 bridgehead atoms. The van der Waals surface area contributed by atoms with Crippen LogP contribution in [-0.4, -0.2) is 37.6 Å². The molecule has 0 saturated carbocycles. The first kappa shape index (κ1) is 15.2. The maximum atomic E-state index is 12.2. The third-order valence-electron chi connectivity index (χ3n) is 2.68. The highest BCUT2D eigenvalue weighted by atomic mass is 19.3. The zero-order valence-electron chi connectivity index (χ0n) is 11.2. The molecule has 19 heavy (non-hydrogen) atoms. The van der Waals surface area contributed by atoms with E-state index in [1.54, 1.807) is 4.90 Å². The van der Waals surface area contributed by atoms with Crippen molar-refractivity contribution in [3.8, 4) is 11.5 Å². The lowest BCUT2D eigenvalue weighted by Gasteiger charge is -2.19. The van der Waals surface area contributed by atoms with E-state index in [1.165, 1.54) is 25.3 Å². The molecule has 0 radical (unpaired) electrons. The fraction of sp³-hybridized carbons (Fsp3) is 0.462. The predicted molar refractivity (Wildman–Crippen MR) is 66.9 cm³/mol. The molecule has 106 valence electrons. The van der Waals surface area contributed by atoms with Gasteiger partial charge in [0.05, 0.1) is 7.11 Å². The number of alkyl halides is 2. The van der Waals surface area contributed by atoms with Gasteiger partial charge in [0.15, 0.2) is 11.5 Å². The summed E-state index contributed by atoms with van der Waals surface area (Å²) in [5, 5.41) is 0. The third kappa shape index (κ3) is 3.81. The van der Waals surface area contributed by atoms with Gasteiger partial charge in [0.1, 0.15) is 0 Å². The van der Waals surface area contributed by atoms with Crippen LogP contribution in [0.15, 0.2) is 18.2 Å². The maximum absolute atomic E-state index is 12.2. The molecule has 1 amide bonds. The largest absolute Gasteiger partial charge is 0.493 e. The van der Waals surface area contributed by atoms with Gasteiger partial charge < -0.3 is 14.4 Å². The molecule has 0 N–H and O–H groups in total. The Kier molecular flexibility index (Phi) is 5.54. The molecule has 0 fully saturated rings. The lowest BCUT2D eigenvalue weighted by Crippen LogP contribution is -2.30. The van der Waals surface area contributed by atoms with Crippen molar-refractivity contribution in [2.45, 2.75) is 20.5 Å². The van der Waals surface area contributed by atoms with Crippen LogP contribution in [0.3, 0.4) is 0 Å². The normalized spacial score (nSPS) is 10.4. The number of carbonyl (C=O) groups is 1. The number of nitrogens with zero attached hydrogens (tertiary/aromatic N) is 1. The number of hydrogen-bond acceptors (Lipinski definition) is 3. The third-order valence-corrected chi connectivity index (χ3v) is 2.68. The molecule has 0 aliphatic carbocycles. The van der Waals surface area contributed by atoms with Crippen molar-refractivity contribution < 1.29 is 23.0 Å². The van der Waals surface area contributed by atoms with Crippen LogP contribution >= 0.6 is 0 Å². The van der Waals surface area contributed by atoms with Crippen LogP contribution in [0, 0.1) is 0 Å². The first-order valence-corrected chi connectivity index (χ1v) is 5.95. The van der Waals surface area contributed by atoms with Gasteiger partial charge in [-0.25, -0.2) is 0 Å². The molecule has 0 unspecified atom stereocenters. The minimum Gasteiger partial charge on any atom is -0.493 e. The molecular formula is C13H17F2NO3. The van der Waals surface area contributed by atoms with E-state index in [0.717, 1.165) is 0 Å². The van der Waals surface area contributed by atoms with Gasteiger partial charge in [0.25, 0.3) is 5.91 Å². The topological polar surface area (TPSA) is 38.8 Å². The summed E-state index contributed by atoms with van der Waals surface area (Å²) in [5.74, 6) is -0.154. The van der Waals surface area contributed by atoms with E-state index in [1.807, 2.05) is 13.8 Å². The van der Waals surface area contributed by atoms with E-state index < -0.39 is 6.61 Å². The number of rotatable bonds is 6. The maximum Gasteiger partial charge on any atom is 0.387 e. The van der Waals surface area contributed by atoms with E-state index in [-0.39, 0.29) is 17.4 Å². The molecule has 0 heterocycles. The molecule has 1 aromatic carbocycles. The molecule has 0 saturated heterocycles. The van der Waals surface area contributed by atoms with E-state index >= 15 is 0 Å². The molecule has 1 rings (SSSR count). The van der Waals surface area contributed by atoms with Crippen molar-refractivity contribution in [2.75, 3.05) is 20.2 Å². The van der Waals surface area contributed by atoms with Crippen molar-refractivity contribution in [1.29, 1.82) is 0 Å². The van der Waals surface area contributed by atoms with Gasteiger partial charge in [0, 0.05) is 18.7 Å². The number of hydrogen-bond donors (Lipinski definition) is 0. The van der Waals surface area contributed by atoms with Crippen molar-refractivity contribution in [1.82, 2.24) is 4.90 Å². The summed E-state index contributed by atoms with van der Waals surface area (Å²) in [6.45, 7) is 1.96. The highest BCUT2D eigenvalue weighted by molar-refractivity contribution is 5.94. The molecule has 0 spiro atoms. The lowest BCUT2D eigenvalue weighted by molar-refractivity contribution is -0.0512. The molecule has 0 atom stereocenters. The second-order valence-electron chi connectivity index (χ2n) is 3.72. The summed E-state index contributed by atoms with van der Waals surface area (Å²) in [5.41, 5.74) is 0.377. The number of methoxy groups -OCH3 is 1. The summed E-state index contributed by atoms with van der Waals surface area (Å²) >= 11 is 0. The summed E-state index contributed by atoms with van der Waals surface area (Å²) in [6, 6.07) is 4.15. The van der Waals surface area contributed by atoms with Gasteiger partial charge in [-0.3, -0.25) is 4.79 Å². The van der Waals surface area contributed by atoms with Gasteiger partial charge in [0.2, 0.25) is 0 Å². The van der Waals surface area contributed by atoms with Gasteiger partial charge >= 0.3 is 6.61 Å². The van der Waals surface area contributed by atoms with Crippen LogP contribution in [0.5, 0.6) is 11.5 Å². The van der Waals surface area contributed by atoms with E-state index in [0.29, 0.717) is 18.7 Å². The van der Waals surface area contributed by atoms with Gasteiger partial charge in [-0.05, 0) is 32.0 Å². The van der Waals surface area contributed by atoms with Crippen LogP contribution in [0.2, 0.25) is 0 Å². The first-order chi connectivity index (χ1) is 9.03. The predicted octanol–water partition coefficient (Wildman–Crippen LogP) is 2.78. The number of benzene rings is 1. The van der Waals surface area contributed by atoms with Gasteiger partial charge in [-0.1, -0.05) is 0 Å². The second kappa shape index (κ2) is 6.92. The van der Waals surface area contributed by atoms with E-state index in [4.69, 9.17) is 4.74 Å². The quantitative estimate of drug-likeness (QED) is 0.800. The standard InChI is InChI=1S/C13H17F2NO3/c1-4-16(5-2)12(17)9-6-7-10(19-13(14)15)11(8-9)18-3/h6-8,13H,4-5H2,1-3H3. The van der Waals surface area contributed by atoms with Crippen molar-refractivity contribution in [2.24, 2.45) is 0 Å². The summed E-state index contributed by atoms with van der Waals surface area (Å²) in [4.78, 5) is 13.7. The van der Waals surface area contributed by atoms with Crippen LogP contribution in [0.4, 0.5) is 8.78 Å². The van der Waals surface area contributed by atoms with Crippen molar-refractivity contribution in [3.05, 3.63) is 23.8 Å². The summed E-state index contributed by atoms with van der Waals surface area (Å²) < 4.78 is 33.6. The fourth-order valence-electron chi connectivity index (χ4n) is 1.69. The SMILES string of the molecule is CCN(CC)C(=O)c1ccc(OC(F)F)c(OC)c1. The zero-order valence-corrected chi connectivity index (χ0v) is 11.2. The van der Waals surface area contributed by atoms with E-state index in [2.05, 4.69) is 4.74 Å². The molecule has 0 aliphatic rings. The van der Waals surface area contributed by atoms with Crippen LogP contribution < -0.4 is 9.47 Å². The Morgan fingerprint density at radius 1 is 1.26 bits per heavy atom. The van der Waals surface area contributed by atoms with E-state index in [9.17, 15) is 13.6 Å². The Morgan fingerprint density at radius 2 is 1.89 bits per heavy atom. The average molecular weight is 273 g/mol. The average Bonchev–Trinajstić information content (AvgIpc) is 2.39. The van der Waals surface area contributed by atoms with Crippen LogP contribution in [-0.2, 0) is 0 Å². The number of carbonyl (C=O) groups excluding carboxylic acids is 1. The van der Waals surface area contributed by atoms with Gasteiger partial charge in [-0.2, -0.15) is 8.78 Å². The smallest absolute Gasteiger partial charge is 0.387 e. The minimum atomic E-state index is -2.93. The number of halogens is 2. The second-order valence-corrected chi connectivity index (χ2v) is 3.72. The summed E-state index contributed by atoms with van der Waals surface area (Å²) in [7, 11) is 1.33. The minimum absolute atomic E-state index is 0.0893. The Labute approximate surface area is 110 Å². The molecule has 6 heteroatoms. The fourth-order valence-corrected chi connectivity index (χ4v) is 1.69. The molecule has 4 nitrogen and oxygen atoms in total. The van der Waals surface area contributed by atoms with Gasteiger partial charge in [-0.15, -0.1) is 0 Å². The zero-order chi connectivity index (χ0) is 14.4. The molecular weight excluding hydrogens is 256 g/mol. The highest BCUT2D eigenvalue weighted by Crippen LogP contribution is 2.29.